The average Bonchev–Trinajstić information content (AvgIpc) is 2.91. The minimum absolute atomic E-state index is 0.00769. The molecule has 0 amide bonds. The highest BCUT2D eigenvalue weighted by molar-refractivity contribution is 7.89. The molecule has 7 heteroatoms. The van der Waals surface area contributed by atoms with Gasteiger partial charge in [-0.2, -0.15) is 4.31 Å². The lowest BCUT2D eigenvalue weighted by atomic mass is 10.3. The lowest BCUT2D eigenvalue weighted by Crippen LogP contribution is -2.42. The molecule has 16 heavy (non-hydrogen) atoms. The Hall–Kier alpha value is -0.920. The van der Waals surface area contributed by atoms with Gasteiger partial charge in [0.15, 0.2) is 0 Å². The second kappa shape index (κ2) is 3.28. The number of imidazole rings is 1. The molecule has 0 saturated carbocycles. The summed E-state index contributed by atoms with van der Waals surface area (Å²) in [5.74, 6) is 0. The number of sulfonamides is 1. The number of nitrogens with zero attached hydrogens (tertiary/aromatic N) is 3. The maximum absolute atomic E-state index is 12.3. The Morgan fingerprint density at radius 3 is 2.88 bits per heavy atom. The van der Waals surface area contributed by atoms with Gasteiger partial charge in [-0.3, -0.25) is 0 Å². The number of aryl methyl sites for hydroxylation is 1. The quantitative estimate of drug-likeness (QED) is 0.708. The average molecular weight is 243 g/mol. The van der Waals surface area contributed by atoms with Crippen LogP contribution in [0.2, 0.25) is 0 Å². The van der Waals surface area contributed by atoms with Crippen LogP contribution in [0.1, 0.15) is 6.42 Å². The van der Waals surface area contributed by atoms with E-state index in [0.29, 0.717) is 13.2 Å². The first-order chi connectivity index (χ1) is 7.59. The third kappa shape index (κ3) is 1.32. The number of aromatic nitrogens is 2. The van der Waals surface area contributed by atoms with Crippen molar-refractivity contribution in [3.05, 3.63) is 12.4 Å². The van der Waals surface area contributed by atoms with Crippen LogP contribution < -0.4 is 0 Å². The van der Waals surface area contributed by atoms with Crippen LogP contribution in [0, 0.1) is 0 Å². The van der Waals surface area contributed by atoms with E-state index < -0.39 is 10.0 Å². The molecule has 2 aliphatic heterocycles. The van der Waals surface area contributed by atoms with Gasteiger partial charge in [0.05, 0.1) is 18.8 Å². The van der Waals surface area contributed by atoms with Crippen LogP contribution in [0.25, 0.3) is 0 Å². The van der Waals surface area contributed by atoms with E-state index in [9.17, 15) is 8.42 Å². The Bertz CT molecular complexity index is 510. The van der Waals surface area contributed by atoms with Crippen molar-refractivity contribution in [3.8, 4) is 0 Å². The lowest BCUT2D eigenvalue weighted by molar-refractivity contribution is 0.0606. The Morgan fingerprint density at radius 1 is 1.56 bits per heavy atom. The monoisotopic (exact) mass is 243 g/mol. The SMILES string of the molecule is Cn1ccnc1S(=O)(=O)N1C[C@H]2C[C@H]1CO2. The molecular formula is C9H13N3O3S. The summed E-state index contributed by atoms with van der Waals surface area (Å²) >= 11 is 0. The van der Waals surface area contributed by atoms with Gasteiger partial charge in [-0.15, -0.1) is 0 Å². The highest BCUT2D eigenvalue weighted by Crippen LogP contribution is 2.32. The first-order valence-electron chi connectivity index (χ1n) is 5.20. The molecule has 3 rings (SSSR count). The minimum Gasteiger partial charge on any atom is -0.375 e. The van der Waals surface area contributed by atoms with Gasteiger partial charge in [-0.25, -0.2) is 13.4 Å². The van der Waals surface area contributed by atoms with Gasteiger partial charge < -0.3 is 9.30 Å². The van der Waals surface area contributed by atoms with Crippen LogP contribution in [0.5, 0.6) is 0 Å². The van der Waals surface area contributed by atoms with Crippen LogP contribution in [0.4, 0.5) is 0 Å². The van der Waals surface area contributed by atoms with Crippen LogP contribution in [-0.4, -0.2) is 47.6 Å². The fraction of sp³-hybridized carbons (Fsp3) is 0.667. The number of morpholine rings is 1. The van der Waals surface area contributed by atoms with Crippen molar-refractivity contribution in [3.63, 3.8) is 0 Å². The first kappa shape index (κ1) is 10.2. The van der Waals surface area contributed by atoms with Crippen LogP contribution in [0.15, 0.2) is 17.6 Å². The second-order valence-electron chi connectivity index (χ2n) is 4.24. The van der Waals surface area contributed by atoms with Crippen molar-refractivity contribution in [2.24, 2.45) is 7.05 Å². The lowest BCUT2D eigenvalue weighted by Gasteiger charge is -2.25. The van der Waals surface area contributed by atoms with E-state index in [2.05, 4.69) is 4.98 Å². The molecule has 0 radical (unpaired) electrons. The number of rotatable bonds is 2. The molecule has 2 bridgehead atoms. The third-order valence-corrected chi connectivity index (χ3v) is 5.09. The van der Waals surface area contributed by atoms with Crippen molar-refractivity contribution in [1.29, 1.82) is 0 Å². The Kier molecular flexibility index (Phi) is 2.10. The number of ether oxygens (including phenoxy) is 1. The van der Waals surface area contributed by atoms with Crippen molar-refractivity contribution >= 4 is 10.0 Å². The molecular weight excluding hydrogens is 230 g/mol. The summed E-state index contributed by atoms with van der Waals surface area (Å²) in [7, 11) is -1.77. The smallest absolute Gasteiger partial charge is 0.277 e. The summed E-state index contributed by atoms with van der Waals surface area (Å²) in [6.45, 7) is 0.966. The maximum Gasteiger partial charge on any atom is 0.277 e. The molecule has 2 atom stereocenters. The molecule has 1 aromatic rings. The van der Waals surface area contributed by atoms with Gasteiger partial charge in [0, 0.05) is 26.0 Å². The van der Waals surface area contributed by atoms with Crippen molar-refractivity contribution in [2.45, 2.75) is 23.7 Å². The Morgan fingerprint density at radius 2 is 2.38 bits per heavy atom. The molecule has 0 aliphatic carbocycles. The largest absolute Gasteiger partial charge is 0.375 e. The van der Waals surface area contributed by atoms with E-state index >= 15 is 0 Å². The fourth-order valence-corrected chi connectivity index (χ4v) is 4.09. The molecule has 0 N–H and O–H groups in total. The summed E-state index contributed by atoms with van der Waals surface area (Å²) in [5.41, 5.74) is 0. The summed E-state index contributed by atoms with van der Waals surface area (Å²) in [6, 6.07) is -0.00769. The van der Waals surface area contributed by atoms with Gasteiger partial charge >= 0.3 is 0 Å². The Balaban J connectivity index is 1.98. The second-order valence-corrected chi connectivity index (χ2v) is 6.02. The third-order valence-electron chi connectivity index (χ3n) is 3.17. The van der Waals surface area contributed by atoms with Gasteiger partial charge in [0.2, 0.25) is 5.16 Å². The van der Waals surface area contributed by atoms with Crippen LogP contribution >= 0.6 is 0 Å². The molecule has 2 fully saturated rings. The molecule has 3 heterocycles. The fourth-order valence-electron chi connectivity index (χ4n) is 2.36. The van der Waals surface area contributed by atoms with Gasteiger partial charge in [0.1, 0.15) is 0 Å². The van der Waals surface area contributed by atoms with E-state index in [1.807, 2.05) is 0 Å². The zero-order chi connectivity index (χ0) is 11.3. The van der Waals surface area contributed by atoms with Crippen molar-refractivity contribution in [1.82, 2.24) is 13.9 Å². The highest BCUT2D eigenvalue weighted by atomic mass is 32.2. The maximum atomic E-state index is 12.3. The van der Waals surface area contributed by atoms with Gasteiger partial charge in [0.25, 0.3) is 10.0 Å². The van der Waals surface area contributed by atoms with Crippen LogP contribution in [-0.2, 0) is 21.8 Å². The van der Waals surface area contributed by atoms with E-state index in [-0.39, 0.29) is 17.3 Å². The zero-order valence-electron chi connectivity index (χ0n) is 8.91. The van der Waals surface area contributed by atoms with E-state index in [4.69, 9.17) is 4.74 Å². The highest BCUT2D eigenvalue weighted by Gasteiger charge is 2.46. The van der Waals surface area contributed by atoms with Crippen molar-refractivity contribution in [2.75, 3.05) is 13.2 Å². The Labute approximate surface area is 93.9 Å². The topological polar surface area (TPSA) is 64.4 Å². The van der Waals surface area contributed by atoms with Crippen molar-refractivity contribution < 1.29 is 13.2 Å². The molecule has 6 nitrogen and oxygen atoms in total. The van der Waals surface area contributed by atoms with E-state index in [0.717, 1.165) is 6.42 Å². The summed E-state index contributed by atoms with van der Waals surface area (Å²) in [5, 5.41) is 0.111. The standard InChI is InChI=1S/C9H13N3O3S/c1-11-3-2-10-9(11)16(13,14)12-5-8-4-7(12)6-15-8/h2-3,7-8H,4-6H2,1H3/t7-,8+/m0/s1. The van der Waals surface area contributed by atoms with E-state index in [1.54, 1.807) is 13.2 Å². The summed E-state index contributed by atoms with van der Waals surface area (Å²) in [6.07, 6.45) is 4.01. The summed E-state index contributed by atoms with van der Waals surface area (Å²) in [4.78, 5) is 3.91. The molecule has 1 aromatic heterocycles. The summed E-state index contributed by atoms with van der Waals surface area (Å²) < 4.78 is 33.0. The molecule has 88 valence electrons. The van der Waals surface area contributed by atoms with E-state index in [1.165, 1.54) is 15.1 Å². The predicted octanol–water partition coefficient (Wildman–Crippen LogP) is -0.418. The number of fused-ring (bicyclic) bond motifs is 2. The van der Waals surface area contributed by atoms with Gasteiger partial charge in [-0.05, 0) is 6.42 Å². The molecule has 0 spiro atoms. The normalized spacial score (nSPS) is 30.1. The van der Waals surface area contributed by atoms with Crippen LogP contribution in [0.3, 0.4) is 0 Å². The zero-order valence-corrected chi connectivity index (χ0v) is 9.72. The first-order valence-corrected chi connectivity index (χ1v) is 6.64. The number of hydrogen-bond donors (Lipinski definition) is 0. The molecule has 0 aromatic carbocycles. The molecule has 2 saturated heterocycles. The predicted molar refractivity (Wildman–Crippen MR) is 55.2 cm³/mol. The molecule has 2 aliphatic rings. The molecule has 0 unspecified atom stereocenters. The van der Waals surface area contributed by atoms with Gasteiger partial charge in [-0.1, -0.05) is 0 Å². The minimum atomic E-state index is -3.45. The number of hydrogen-bond acceptors (Lipinski definition) is 4.